The second kappa shape index (κ2) is 4.29. The number of halogens is 1. The molecule has 0 N–H and O–H groups in total. The van der Waals surface area contributed by atoms with Gasteiger partial charge in [0.2, 0.25) is 0 Å². The SMILES string of the molecule is Cc1c2cc(F)ccc2c(C)c2c1ccc1ccccc12. The first-order chi connectivity index (χ1) is 10.2. The monoisotopic (exact) mass is 274 g/mol. The van der Waals surface area contributed by atoms with Gasteiger partial charge in [-0.1, -0.05) is 42.5 Å². The smallest absolute Gasteiger partial charge is 0.123 e. The van der Waals surface area contributed by atoms with Gasteiger partial charge in [-0.2, -0.15) is 0 Å². The molecule has 0 aliphatic heterocycles. The summed E-state index contributed by atoms with van der Waals surface area (Å²) >= 11 is 0. The van der Waals surface area contributed by atoms with Crippen molar-refractivity contribution in [3.8, 4) is 0 Å². The Bertz CT molecular complexity index is 1010. The van der Waals surface area contributed by atoms with Gasteiger partial charge in [-0.3, -0.25) is 0 Å². The molecule has 4 rings (SSSR count). The van der Waals surface area contributed by atoms with Gasteiger partial charge in [-0.25, -0.2) is 4.39 Å². The van der Waals surface area contributed by atoms with Crippen LogP contribution in [0.15, 0.2) is 54.6 Å². The van der Waals surface area contributed by atoms with Crippen LogP contribution in [0.1, 0.15) is 11.1 Å². The maximum Gasteiger partial charge on any atom is 0.123 e. The molecule has 0 radical (unpaired) electrons. The topological polar surface area (TPSA) is 0 Å². The molecule has 21 heavy (non-hydrogen) atoms. The van der Waals surface area contributed by atoms with Gasteiger partial charge in [-0.15, -0.1) is 0 Å². The minimum atomic E-state index is -0.176. The van der Waals surface area contributed by atoms with E-state index in [1.807, 2.05) is 6.07 Å². The van der Waals surface area contributed by atoms with E-state index in [-0.39, 0.29) is 5.82 Å². The van der Waals surface area contributed by atoms with E-state index < -0.39 is 0 Å². The molecule has 4 aromatic carbocycles. The molecule has 1 heteroatoms. The van der Waals surface area contributed by atoms with Crippen LogP contribution in [0.2, 0.25) is 0 Å². The lowest BCUT2D eigenvalue weighted by atomic mass is 9.90. The van der Waals surface area contributed by atoms with E-state index in [1.165, 1.54) is 27.1 Å². The lowest BCUT2D eigenvalue weighted by Gasteiger charge is -2.14. The van der Waals surface area contributed by atoms with Gasteiger partial charge >= 0.3 is 0 Å². The standard InChI is InChI=1S/C20H15F/c1-12-17-9-7-14-5-3-4-6-18(14)20(17)13(2)16-10-8-15(21)11-19(12)16/h3-11H,1-2H3. The Labute approximate surface area is 122 Å². The van der Waals surface area contributed by atoms with Gasteiger partial charge in [0.05, 0.1) is 0 Å². The first-order valence-corrected chi connectivity index (χ1v) is 7.17. The highest BCUT2D eigenvalue weighted by Gasteiger charge is 2.11. The molecule has 0 amide bonds. The highest BCUT2D eigenvalue weighted by atomic mass is 19.1. The first kappa shape index (κ1) is 12.3. The fourth-order valence-corrected chi connectivity index (χ4v) is 3.42. The van der Waals surface area contributed by atoms with Gasteiger partial charge in [0.25, 0.3) is 0 Å². The molecule has 102 valence electrons. The number of aryl methyl sites for hydroxylation is 2. The van der Waals surface area contributed by atoms with Crippen LogP contribution >= 0.6 is 0 Å². The number of fused-ring (bicyclic) bond motifs is 4. The molecule has 0 heterocycles. The maximum absolute atomic E-state index is 13.6. The van der Waals surface area contributed by atoms with Gasteiger partial charge in [-0.05, 0) is 69.4 Å². The summed E-state index contributed by atoms with van der Waals surface area (Å²) in [5.74, 6) is -0.176. The molecule has 0 atom stereocenters. The fraction of sp³-hybridized carbons (Fsp3) is 0.100. The fourth-order valence-electron chi connectivity index (χ4n) is 3.42. The second-order valence-electron chi connectivity index (χ2n) is 5.65. The van der Waals surface area contributed by atoms with Crippen LogP contribution in [-0.2, 0) is 0 Å². The Morgan fingerprint density at radius 2 is 1.43 bits per heavy atom. The second-order valence-corrected chi connectivity index (χ2v) is 5.65. The lowest BCUT2D eigenvalue weighted by molar-refractivity contribution is 0.629. The van der Waals surface area contributed by atoms with Crippen LogP contribution < -0.4 is 0 Å². The summed E-state index contributed by atoms with van der Waals surface area (Å²) in [6.45, 7) is 4.22. The molecule has 0 spiro atoms. The summed E-state index contributed by atoms with van der Waals surface area (Å²) in [6, 6.07) is 17.8. The molecule has 0 fully saturated rings. The molecule has 0 aliphatic rings. The van der Waals surface area contributed by atoms with Crippen LogP contribution in [0.3, 0.4) is 0 Å². The van der Waals surface area contributed by atoms with Crippen LogP contribution in [-0.4, -0.2) is 0 Å². The summed E-state index contributed by atoms with van der Waals surface area (Å²) in [7, 11) is 0. The quantitative estimate of drug-likeness (QED) is 0.276. The predicted octanol–water partition coefficient (Wildman–Crippen LogP) is 5.90. The zero-order valence-corrected chi connectivity index (χ0v) is 12.1. The van der Waals surface area contributed by atoms with Crippen LogP contribution in [0.5, 0.6) is 0 Å². The molecule has 0 aliphatic carbocycles. The van der Waals surface area contributed by atoms with Crippen molar-refractivity contribution in [1.29, 1.82) is 0 Å². The van der Waals surface area contributed by atoms with Gasteiger partial charge in [0.1, 0.15) is 5.82 Å². The van der Waals surface area contributed by atoms with Crippen molar-refractivity contribution >= 4 is 32.3 Å². The molecular weight excluding hydrogens is 259 g/mol. The Morgan fingerprint density at radius 3 is 2.29 bits per heavy atom. The van der Waals surface area contributed by atoms with E-state index in [9.17, 15) is 4.39 Å². The molecule has 0 aromatic heterocycles. The Morgan fingerprint density at radius 1 is 0.667 bits per heavy atom. The Kier molecular flexibility index (Phi) is 2.52. The summed E-state index contributed by atoms with van der Waals surface area (Å²) < 4.78 is 13.6. The van der Waals surface area contributed by atoms with Crippen LogP contribution in [0, 0.1) is 19.7 Å². The van der Waals surface area contributed by atoms with Crippen molar-refractivity contribution in [2.45, 2.75) is 13.8 Å². The maximum atomic E-state index is 13.6. The van der Waals surface area contributed by atoms with E-state index >= 15 is 0 Å². The average molecular weight is 274 g/mol. The molecular formula is C20H15F. The van der Waals surface area contributed by atoms with Gasteiger partial charge < -0.3 is 0 Å². The van der Waals surface area contributed by atoms with Crippen LogP contribution in [0.4, 0.5) is 4.39 Å². The van der Waals surface area contributed by atoms with Crippen molar-refractivity contribution in [2.75, 3.05) is 0 Å². The third kappa shape index (κ3) is 1.67. The summed E-state index contributed by atoms with van der Waals surface area (Å²) in [6.07, 6.45) is 0. The first-order valence-electron chi connectivity index (χ1n) is 7.17. The molecule has 0 saturated carbocycles. The molecule has 0 nitrogen and oxygen atoms in total. The summed E-state index contributed by atoms with van der Waals surface area (Å²) in [4.78, 5) is 0. The number of hydrogen-bond acceptors (Lipinski definition) is 0. The zero-order chi connectivity index (χ0) is 14.6. The minimum Gasteiger partial charge on any atom is -0.207 e. The van der Waals surface area contributed by atoms with E-state index in [0.29, 0.717) is 0 Å². The number of hydrogen-bond donors (Lipinski definition) is 0. The third-order valence-electron chi connectivity index (χ3n) is 4.50. The van der Waals surface area contributed by atoms with E-state index in [2.05, 4.69) is 50.2 Å². The molecule has 4 aromatic rings. The van der Waals surface area contributed by atoms with Gasteiger partial charge in [0, 0.05) is 0 Å². The van der Waals surface area contributed by atoms with E-state index in [1.54, 1.807) is 12.1 Å². The third-order valence-corrected chi connectivity index (χ3v) is 4.50. The number of benzene rings is 4. The van der Waals surface area contributed by atoms with E-state index in [4.69, 9.17) is 0 Å². The Hall–Kier alpha value is -2.41. The highest BCUT2D eigenvalue weighted by molar-refractivity contribution is 6.16. The normalized spacial score (nSPS) is 11.6. The van der Waals surface area contributed by atoms with Gasteiger partial charge in [0.15, 0.2) is 0 Å². The van der Waals surface area contributed by atoms with Crippen molar-refractivity contribution < 1.29 is 4.39 Å². The largest absolute Gasteiger partial charge is 0.207 e. The van der Waals surface area contributed by atoms with Crippen molar-refractivity contribution in [1.82, 2.24) is 0 Å². The highest BCUT2D eigenvalue weighted by Crippen LogP contribution is 2.36. The van der Waals surface area contributed by atoms with E-state index in [0.717, 1.165) is 16.3 Å². The summed E-state index contributed by atoms with van der Waals surface area (Å²) in [5.41, 5.74) is 2.37. The zero-order valence-electron chi connectivity index (χ0n) is 12.1. The summed E-state index contributed by atoms with van der Waals surface area (Å²) in [5, 5.41) is 7.15. The molecule has 0 bridgehead atoms. The average Bonchev–Trinajstić information content (AvgIpc) is 2.51. The molecule has 0 saturated heterocycles. The Balaban J connectivity index is 2.35. The molecule has 0 unspecified atom stereocenters. The number of rotatable bonds is 0. The van der Waals surface area contributed by atoms with Crippen molar-refractivity contribution in [2.24, 2.45) is 0 Å². The predicted molar refractivity (Wildman–Crippen MR) is 88.4 cm³/mol. The lowest BCUT2D eigenvalue weighted by Crippen LogP contribution is -1.90. The van der Waals surface area contributed by atoms with Crippen molar-refractivity contribution in [3.05, 3.63) is 71.5 Å². The van der Waals surface area contributed by atoms with Crippen LogP contribution in [0.25, 0.3) is 32.3 Å². The minimum absolute atomic E-state index is 0.176. The van der Waals surface area contributed by atoms with Crippen molar-refractivity contribution in [3.63, 3.8) is 0 Å².